The largest absolute Gasteiger partial charge is 0.397 e. The van der Waals surface area contributed by atoms with Gasteiger partial charge in [0, 0.05) is 19.8 Å². The molecule has 82 valence electrons. The Kier molecular flexibility index (Phi) is 4.85. The number of allylic oxidation sites excluding steroid dienone is 2. The fraction of sp³-hybridized carbons (Fsp3) is 0.818. The van der Waals surface area contributed by atoms with Gasteiger partial charge in [-0.05, 0) is 25.3 Å². The lowest BCUT2D eigenvalue weighted by Crippen LogP contribution is -2.45. The van der Waals surface area contributed by atoms with Crippen LogP contribution in [0.5, 0.6) is 0 Å². The van der Waals surface area contributed by atoms with Crippen molar-refractivity contribution in [2.24, 2.45) is 0 Å². The summed E-state index contributed by atoms with van der Waals surface area (Å²) in [5.41, 5.74) is 0.655. The van der Waals surface area contributed by atoms with Gasteiger partial charge in [-0.15, -0.1) is 0 Å². The molecule has 0 aromatic heterocycles. The van der Waals surface area contributed by atoms with Crippen molar-refractivity contribution in [1.82, 2.24) is 0 Å². The second-order valence-electron chi connectivity index (χ2n) is 3.95. The molecule has 1 aliphatic carbocycles. The van der Waals surface area contributed by atoms with Crippen LogP contribution in [0, 0.1) is 0 Å². The first-order chi connectivity index (χ1) is 6.79. The van der Waals surface area contributed by atoms with E-state index in [1.165, 1.54) is 12.8 Å². The van der Waals surface area contributed by atoms with Gasteiger partial charge in [-0.2, -0.15) is 0 Å². The average Bonchev–Trinajstić information content (AvgIpc) is 2.27. The molecular formula is C11H22O2Si. The molecule has 0 amide bonds. The van der Waals surface area contributed by atoms with Gasteiger partial charge in [-0.1, -0.05) is 25.5 Å². The van der Waals surface area contributed by atoms with E-state index < -0.39 is 8.56 Å². The van der Waals surface area contributed by atoms with Crippen LogP contribution in [0.3, 0.4) is 0 Å². The Labute approximate surface area is 88.5 Å². The van der Waals surface area contributed by atoms with E-state index >= 15 is 0 Å². The van der Waals surface area contributed by atoms with Crippen molar-refractivity contribution in [3.05, 3.63) is 12.2 Å². The molecule has 1 aliphatic rings. The summed E-state index contributed by atoms with van der Waals surface area (Å²) < 4.78 is 11.5. The maximum absolute atomic E-state index is 5.75. The van der Waals surface area contributed by atoms with Gasteiger partial charge in [0.25, 0.3) is 0 Å². The number of hydrogen-bond donors (Lipinski definition) is 0. The summed E-state index contributed by atoms with van der Waals surface area (Å²) >= 11 is 0. The fourth-order valence-corrected chi connectivity index (χ4v) is 5.81. The minimum atomic E-state index is -1.89. The predicted molar refractivity (Wildman–Crippen MR) is 61.6 cm³/mol. The third-order valence-electron chi connectivity index (χ3n) is 3.18. The third kappa shape index (κ3) is 2.46. The molecule has 1 unspecified atom stereocenters. The summed E-state index contributed by atoms with van der Waals surface area (Å²) in [5.74, 6) is 0. The highest BCUT2D eigenvalue weighted by Gasteiger charge is 2.42. The molecule has 0 spiro atoms. The van der Waals surface area contributed by atoms with Crippen LogP contribution in [0.4, 0.5) is 0 Å². The Morgan fingerprint density at radius 3 is 2.43 bits per heavy atom. The summed E-state index contributed by atoms with van der Waals surface area (Å²) in [6.45, 7) is 2.21. The highest BCUT2D eigenvalue weighted by Crippen LogP contribution is 2.37. The molecule has 14 heavy (non-hydrogen) atoms. The van der Waals surface area contributed by atoms with Gasteiger partial charge in [0.2, 0.25) is 0 Å². The highest BCUT2D eigenvalue weighted by molar-refractivity contribution is 6.69. The van der Waals surface area contributed by atoms with Crippen LogP contribution in [0.1, 0.15) is 32.6 Å². The molecule has 3 heteroatoms. The van der Waals surface area contributed by atoms with E-state index in [4.69, 9.17) is 8.85 Å². The first kappa shape index (κ1) is 11.9. The summed E-state index contributed by atoms with van der Waals surface area (Å²) in [5, 5.41) is 0. The van der Waals surface area contributed by atoms with Crippen LogP contribution in [-0.4, -0.2) is 22.8 Å². The molecule has 0 heterocycles. The number of rotatable bonds is 5. The maximum atomic E-state index is 5.75. The smallest absolute Gasteiger partial charge is 0.341 e. The Balaban J connectivity index is 2.68. The van der Waals surface area contributed by atoms with Crippen LogP contribution >= 0.6 is 0 Å². The van der Waals surface area contributed by atoms with Crippen molar-refractivity contribution >= 4 is 8.56 Å². The Morgan fingerprint density at radius 1 is 1.29 bits per heavy atom. The first-order valence-electron chi connectivity index (χ1n) is 5.54. The van der Waals surface area contributed by atoms with E-state index in [9.17, 15) is 0 Å². The zero-order chi connectivity index (χ0) is 10.4. The van der Waals surface area contributed by atoms with Gasteiger partial charge in [0.15, 0.2) is 0 Å². The Bertz CT molecular complexity index is 188. The van der Waals surface area contributed by atoms with Gasteiger partial charge >= 0.3 is 8.56 Å². The molecule has 1 atom stereocenters. The zero-order valence-electron chi connectivity index (χ0n) is 9.58. The molecular weight excluding hydrogens is 192 g/mol. The molecule has 0 N–H and O–H groups in total. The lowest BCUT2D eigenvalue weighted by molar-refractivity contribution is 0.224. The van der Waals surface area contributed by atoms with Crippen molar-refractivity contribution in [3.63, 3.8) is 0 Å². The SMILES string of the molecule is CCC[Si](OC)(OC)C1CC=CCC1. The first-order valence-corrected chi connectivity index (χ1v) is 7.64. The highest BCUT2D eigenvalue weighted by atomic mass is 28.4. The average molecular weight is 214 g/mol. The van der Waals surface area contributed by atoms with Crippen molar-refractivity contribution in [2.45, 2.75) is 44.2 Å². The van der Waals surface area contributed by atoms with Crippen LogP contribution in [0.2, 0.25) is 11.6 Å². The minimum absolute atomic E-state index is 0.655. The predicted octanol–water partition coefficient (Wildman–Crippen LogP) is 3.24. The van der Waals surface area contributed by atoms with Gasteiger partial charge in [-0.25, -0.2) is 0 Å². The van der Waals surface area contributed by atoms with E-state index in [2.05, 4.69) is 19.1 Å². The van der Waals surface area contributed by atoms with Crippen molar-refractivity contribution in [1.29, 1.82) is 0 Å². The fourth-order valence-electron chi connectivity index (χ4n) is 2.37. The van der Waals surface area contributed by atoms with Crippen LogP contribution in [0.15, 0.2) is 12.2 Å². The van der Waals surface area contributed by atoms with Gasteiger partial charge in [-0.3, -0.25) is 0 Å². The molecule has 0 fully saturated rings. The molecule has 0 aromatic rings. The van der Waals surface area contributed by atoms with Gasteiger partial charge in [0.1, 0.15) is 0 Å². The quantitative estimate of drug-likeness (QED) is 0.517. The van der Waals surface area contributed by atoms with Gasteiger partial charge in [0.05, 0.1) is 0 Å². The summed E-state index contributed by atoms with van der Waals surface area (Å²) in [4.78, 5) is 0. The third-order valence-corrected chi connectivity index (χ3v) is 7.53. The van der Waals surface area contributed by atoms with Crippen LogP contribution in [-0.2, 0) is 8.85 Å². The van der Waals surface area contributed by atoms with Crippen LogP contribution in [0.25, 0.3) is 0 Å². The molecule has 2 nitrogen and oxygen atoms in total. The van der Waals surface area contributed by atoms with E-state index in [1.54, 1.807) is 0 Å². The van der Waals surface area contributed by atoms with Crippen molar-refractivity contribution in [3.8, 4) is 0 Å². The zero-order valence-corrected chi connectivity index (χ0v) is 10.6. The second-order valence-corrected chi connectivity index (χ2v) is 7.71. The molecule has 1 rings (SSSR count). The standard InChI is InChI=1S/C11H22O2Si/c1-4-10-14(12-2,13-3)11-8-6-5-7-9-11/h5-6,11H,4,7-10H2,1-3H3. The summed E-state index contributed by atoms with van der Waals surface area (Å²) in [6.07, 6.45) is 9.29. The Morgan fingerprint density at radius 2 is 2.00 bits per heavy atom. The normalized spacial score (nSPS) is 22.6. The number of hydrogen-bond acceptors (Lipinski definition) is 2. The summed E-state index contributed by atoms with van der Waals surface area (Å²) in [6, 6.07) is 1.12. The van der Waals surface area contributed by atoms with E-state index in [0.29, 0.717) is 5.54 Å². The van der Waals surface area contributed by atoms with Crippen molar-refractivity contribution < 1.29 is 8.85 Å². The van der Waals surface area contributed by atoms with E-state index in [-0.39, 0.29) is 0 Å². The molecule has 0 radical (unpaired) electrons. The molecule has 0 aliphatic heterocycles. The molecule has 0 saturated carbocycles. The van der Waals surface area contributed by atoms with Gasteiger partial charge < -0.3 is 8.85 Å². The van der Waals surface area contributed by atoms with Crippen molar-refractivity contribution in [2.75, 3.05) is 14.2 Å². The summed E-state index contributed by atoms with van der Waals surface area (Å²) in [7, 11) is 1.75. The maximum Gasteiger partial charge on any atom is 0.341 e. The van der Waals surface area contributed by atoms with Crippen LogP contribution < -0.4 is 0 Å². The lowest BCUT2D eigenvalue weighted by Gasteiger charge is -2.35. The van der Waals surface area contributed by atoms with E-state index in [0.717, 1.165) is 18.9 Å². The Hall–Kier alpha value is -0.123. The second kappa shape index (κ2) is 5.68. The molecule has 0 bridgehead atoms. The minimum Gasteiger partial charge on any atom is -0.397 e. The molecule has 0 aromatic carbocycles. The monoisotopic (exact) mass is 214 g/mol. The lowest BCUT2D eigenvalue weighted by atomic mass is 10.1. The van der Waals surface area contributed by atoms with E-state index in [1.807, 2.05) is 14.2 Å². The topological polar surface area (TPSA) is 18.5 Å². The molecule has 0 saturated heterocycles.